The van der Waals surface area contributed by atoms with Gasteiger partial charge in [0, 0.05) is 5.69 Å². The predicted molar refractivity (Wildman–Crippen MR) is 95.3 cm³/mol. The van der Waals surface area contributed by atoms with E-state index in [1.165, 1.54) is 10.8 Å². The molecule has 0 aliphatic rings. The van der Waals surface area contributed by atoms with Gasteiger partial charge in [-0.1, -0.05) is 29.8 Å². The summed E-state index contributed by atoms with van der Waals surface area (Å²) in [5.74, 6) is -0.233. The van der Waals surface area contributed by atoms with Gasteiger partial charge in [0.2, 0.25) is 5.91 Å². The molecule has 1 aromatic heterocycles. The van der Waals surface area contributed by atoms with E-state index in [2.05, 4.69) is 10.3 Å². The van der Waals surface area contributed by atoms with E-state index in [9.17, 15) is 9.59 Å². The van der Waals surface area contributed by atoms with Crippen molar-refractivity contribution < 1.29 is 4.79 Å². The molecule has 0 aliphatic carbocycles. The number of benzene rings is 2. The summed E-state index contributed by atoms with van der Waals surface area (Å²) in [5.41, 5.74) is 5.02. The second kappa shape index (κ2) is 6.28. The van der Waals surface area contributed by atoms with Gasteiger partial charge in [-0.25, -0.2) is 4.98 Å². The Morgan fingerprint density at radius 2 is 1.79 bits per heavy atom. The quantitative estimate of drug-likeness (QED) is 0.806. The minimum absolute atomic E-state index is 0.0470. The molecule has 0 saturated carbocycles. The van der Waals surface area contributed by atoms with Gasteiger partial charge in [-0.3, -0.25) is 14.2 Å². The third-order valence-corrected chi connectivity index (χ3v) is 4.00. The Morgan fingerprint density at radius 3 is 2.50 bits per heavy atom. The van der Waals surface area contributed by atoms with Crippen LogP contribution in [-0.4, -0.2) is 15.5 Å². The Morgan fingerprint density at radius 1 is 1.12 bits per heavy atom. The van der Waals surface area contributed by atoms with Gasteiger partial charge in [0.05, 0.1) is 17.2 Å². The highest BCUT2D eigenvalue weighted by Gasteiger charge is 2.11. The summed E-state index contributed by atoms with van der Waals surface area (Å²) >= 11 is 0. The van der Waals surface area contributed by atoms with Gasteiger partial charge in [0.1, 0.15) is 6.54 Å². The van der Waals surface area contributed by atoms with Crippen LogP contribution in [0.4, 0.5) is 5.69 Å². The molecule has 0 radical (unpaired) electrons. The third kappa shape index (κ3) is 3.06. The van der Waals surface area contributed by atoms with E-state index < -0.39 is 0 Å². The number of nitrogens with zero attached hydrogens (tertiary/aromatic N) is 2. The van der Waals surface area contributed by atoms with Gasteiger partial charge >= 0.3 is 0 Å². The van der Waals surface area contributed by atoms with Crippen LogP contribution in [0.2, 0.25) is 0 Å². The summed E-state index contributed by atoms with van der Waals surface area (Å²) in [4.78, 5) is 28.7. The monoisotopic (exact) mass is 321 g/mol. The van der Waals surface area contributed by atoms with E-state index in [1.807, 2.05) is 51.1 Å². The van der Waals surface area contributed by atoms with Gasteiger partial charge in [0.15, 0.2) is 0 Å². The van der Waals surface area contributed by atoms with E-state index in [-0.39, 0.29) is 18.0 Å². The van der Waals surface area contributed by atoms with E-state index >= 15 is 0 Å². The Hall–Kier alpha value is -2.95. The molecule has 122 valence electrons. The zero-order valence-corrected chi connectivity index (χ0v) is 14.0. The maximum atomic E-state index is 12.5. The zero-order chi connectivity index (χ0) is 17.3. The average molecular weight is 321 g/mol. The molecule has 0 atom stereocenters. The van der Waals surface area contributed by atoms with E-state index in [0.29, 0.717) is 11.0 Å². The molecule has 1 amide bonds. The van der Waals surface area contributed by atoms with Crippen LogP contribution in [0.3, 0.4) is 0 Å². The molecular weight excluding hydrogens is 302 g/mol. The van der Waals surface area contributed by atoms with Crippen molar-refractivity contribution in [2.75, 3.05) is 5.32 Å². The maximum absolute atomic E-state index is 12.5. The number of hydrogen-bond acceptors (Lipinski definition) is 3. The summed E-state index contributed by atoms with van der Waals surface area (Å²) in [5, 5.41) is 2.93. The molecule has 24 heavy (non-hydrogen) atoms. The lowest BCUT2D eigenvalue weighted by Gasteiger charge is -2.14. The van der Waals surface area contributed by atoms with E-state index in [4.69, 9.17) is 0 Å². The number of rotatable bonds is 3. The number of anilines is 1. The van der Waals surface area contributed by atoms with Crippen molar-refractivity contribution in [3.8, 4) is 0 Å². The summed E-state index contributed by atoms with van der Waals surface area (Å²) in [6, 6.07) is 11.3. The third-order valence-electron chi connectivity index (χ3n) is 4.00. The molecule has 0 aliphatic heterocycles. The van der Waals surface area contributed by atoms with Crippen molar-refractivity contribution in [2.45, 2.75) is 27.3 Å². The number of fused-ring (bicyclic) bond motifs is 1. The largest absolute Gasteiger partial charge is 0.324 e. The van der Waals surface area contributed by atoms with Gasteiger partial charge in [0.25, 0.3) is 5.56 Å². The fourth-order valence-corrected chi connectivity index (χ4v) is 2.98. The Bertz CT molecular complexity index is 966. The van der Waals surface area contributed by atoms with Crippen molar-refractivity contribution >= 4 is 22.6 Å². The smallest absolute Gasteiger partial charge is 0.269 e. The first-order valence-corrected chi connectivity index (χ1v) is 7.78. The van der Waals surface area contributed by atoms with Crippen LogP contribution in [0.1, 0.15) is 16.7 Å². The lowest BCUT2D eigenvalue weighted by atomic mass is 10.1. The van der Waals surface area contributed by atoms with E-state index in [0.717, 1.165) is 22.4 Å². The number of carbonyl (C=O) groups excluding carboxylic acids is 1. The summed E-state index contributed by atoms with van der Waals surface area (Å²) < 4.78 is 1.44. The maximum Gasteiger partial charge on any atom is 0.269 e. The fourth-order valence-electron chi connectivity index (χ4n) is 2.98. The first-order valence-electron chi connectivity index (χ1n) is 7.78. The minimum atomic E-state index is -0.291. The van der Waals surface area contributed by atoms with Crippen LogP contribution in [0.5, 0.6) is 0 Å². The highest BCUT2D eigenvalue weighted by atomic mass is 16.2. The molecule has 0 bridgehead atoms. The first kappa shape index (κ1) is 15.9. The normalized spacial score (nSPS) is 10.8. The van der Waals surface area contributed by atoms with E-state index in [1.54, 1.807) is 6.07 Å². The van der Waals surface area contributed by atoms with Crippen molar-refractivity contribution in [1.29, 1.82) is 0 Å². The highest BCUT2D eigenvalue weighted by Crippen LogP contribution is 2.22. The van der Waals surface area contributed by atoms with Gasteiger partial charge in [-0.2, -0.15) is 0 Å². The van der Waals surface area contributed by atoms with Crippen LogP contribution < -0.4 is 10.9 Å². The van der Waals surface area contributed by atoms with Gasteiger partial charge in [-0.05, 0) is 44.0 Å². The highest BCUT2D eigenvalue weighted by molar-refractivity contribution is 5.93. The predicted octanol–water partition coefficient (Wildman–Crippen LogP) is 2.96. The summed E-state index contributed by atoms with van der Waals surface area (Å²) in [6.07, 6.45) is 1.25. The first-order chi connectivity index (χ1) is 11.5. The fraction of sp³-hybridized carbons (Fsp3) is 0.211. The molecule has 1 heterocycles. The van der Waals surface area contributed by atoms with Crippen LogP contribution in [0.15, 0.2) is 47.4 Å². The SMILES string of the molecule is Cc1cc(C)c(NC(=O)Cn2c(=O)cnc3ccccc32)c(C)c1. The molecule has 0 fully saturated rings. The number of aromatic nitrogens is 2. The van der Waals surface area contributed by atoms with Crippen LogP contribution >= 0.6 is 0 Å². The molecule has 3 rings (SSSR count). The molecule has 3 aromatic rings. The number of hydrogen-bond donors (Lipinski definition) is 1. The number of amides is 1. The average Bonchev–Trinajstić information content (AvgIpc) is 2.53. The van der Waals surface area contributed by atoms with Gasteiger partial charge < -0.3 is 5.32 Å². The van der Waals surface area contributed by atoms with Crippen molar-refractivity contribution in [3.63, 3.8) is 0 Å². The van der Waals surface area contributed by atoms with Crippen LogP contribution in [0.25, 0.3) is 11.0 Å². The Kier molecular flexibility index (Phi) is 4.16. The second-order valence-electron chi connectivity index (χ2n) is 5.99. The summed E-state index contributed by atoms with van der Waals surface area (Å²) in [7, 11) is 0. The molecule has 1 N–H and O–H groups in total. The van der Waals surface area contributed by atoms with Crippen molar-refractivity contribution in [3.05, 3.63) is 69.6 Å². The molecule has 0 saturated heterocycles. The Balaban J connectivity index is 1.92. The number of para-hydroxylation sites is 2. The van der Waals surface area contributed by atoms with Crippen molar-refractivity contribution in [1.82, 2.24) is 9.55 Å². The lowest BCUT2D eigenvalue weighted by molar-refractivity contribution is -0.116. The molecule has 0 spiro atoms. The molecule has 5 nitrogen and oxygen atoms in total. The molecule has 2 aromatic carbocycles. The lowest BCUT2D eigenvalue weighted by Crippen LogP contribution is -2.28. The zero-order valence-electron chi connectivity index (χ0n) is 14.0. The number of carbonyl (C=O) groups is 1. The van der Waals surface area contributed by atoms with Crippen molar-refractivity contribution in [2.24, 2.45) is 0 Å². The number of aryl methyl sites for hydroxylation is 3. The minimum Gasteiger partial charge on any atom is -0.324 e. The topological polar surface area (TPSA) is 64.0 Å². The molecule has 0 unspecified atom stereocenters. The summed E-state index contributed by atoms with van der Waals surface area (Å²) in [6.45, 7) is 5.90. The standard InChI is InChI=1S/C19H19N3O2/c1-12-8-13(2)19(14(3)9-12)21-17(23)11-22-16-7-5-4-6-15(16)20-10-18(22)24/h4-10H,11H2,1-3H3,(H,21,23). The van der Waals surface area contributed by atoms with Crippen LogP contribution in [0, 0.1) is 20.8 Å². The molecular formula is C19H19N3O2. The van der Waals surface area contributed by atoms with Crippen LogP contribution in [-0.2, 0) is 11.3 Å². The Labute approximate surface area is 140 Å². The molecule has 5 heteroatoms. The number of nitrogens with one attached hydrogen (secondary N) is 1. The van der Waals surface area contributed by atoms with Gasteiger partial charge in [-0.15, -0.1) is 0 Å². The second-order valence-corrected chi connectivity index (χ2v) is 5.99.